The molecule has 2 nitrogen and oxygen atoms in total. The van der Waals surface area contributed by atoms with Gasteiger partial charge in [0, 0.05) is 12.6 Å². The molecule has 2 rings (SSSR count). The van der Waals surface area contributed by atoms with Gasteiger partial charge >= 0.3 is 0 Å². The maximum atomic E-state index is 5.94. The summed E-state index contributed by atoms with van der Waals surface area (Å²) in [6.45, 7) is 3.03. The van der Waals surface area contributed by atoms with E-state index >= 15 is 0 Å². The fraction of sp³-hybridized carbons (Fsp3) is 0.538. The number of benzene rings is 1. The summed E-state index contributed by atoms with van der Waals surface area (Å²) in [5, 5.41) is 3.35. The Bertz CT molecular complexity index is 312. The minimum Gasteiger partial charge on any atom is -0.370 e. The largest absolute Gasteiger partial charge is 0.370 e. The van der Waals surface area contributed by atoms with Crippen LogP contribution in [0.3, 0.4) is 0 Å². The van der Waals surface area contributed by atoms with Crippen LogP contribution in [0, 0.1) is 0 Å². The first-order valence-corrected chi connectivity index (χ1v) is 5.61. The molecule has 1 N–H and O–H groups in total. The Morgan fingerprint density at radius 2 is 2.07 bits per heavy atom. The summed E-state index contributed by atoms with van der Waals surface area (Å²) in [7, 11) is 2.03. The van der Waals surface area contributed by atoms with Crippen LogP contribution in [-0.2, 0) is 10.3 Å². The van der Waals surface area contributed by atoms with Crippen LogP contribution in [0.1, 0.15) is 25.3 Å². The van der Waals surface area contributed by atoms with Crippen LogP contribution in [-0.4, -0.2) is 19.7 Å². The van der Waals surface area contributed by atoms with E-state index in [4.69, 9.17) is 4.74 Å². The third-order valence-electron chi connectivity index (χ3n) is 3.32. The van der Waals surface area contributed by atoms with Crippen LogP contribution in [0.2, 0.25) is 0 Å². The lowest BCUT2D eigenvalue weighted by Gasteiger charge is -2.38. The van der Waals surface area contributed by atoms with E-state index in [0.717, 1.165) is 19.4 Å². The molecule has 15 heavy (non-hydrogen) atoms. The van der Waals surface area contributed by atoms with Crippen molar-refractivity contribution in [2.45, 2.75) is 31.4 Å². The fourth-order valence-corrected chi connectivity index (χ4v) is 2.30. The van der Waals surface area contributed by atoms with Crippen molar-refractivity contribution in [1.82, 2.24) is 5.32 Å². The van der Waals surface area contributed by atoms with Crippen LogP contribution in [0.25, 0.3) is 0 Å². The van der Waals surface area contributed by atoms with Gasteiger partial charge in [-0.2, -0.15) is 0 Å². The van der Waals surface area contributed by atoms with Gasteiger partial charge in [0.1, 0.15) is 0 Å². The highest BCUT2D eigenvalue weighted by Gasteiger charge is 2.33. The molecular formula is C13H19NO. The Balaban J connectivity index is 2.19. The zero-order valence-corrected chi connectivity index (χ0v) is 9.49. The van der Waals surface area contributed by atoms with Crippen molar-refractivity contribution in [3.8, 4) is 0 Å². The lowest BCUT2D eigenvalue weighted by Crippen LogP contribution is -2.42. The SMILES string of the molecule is CNC1CCOC(C)(c2ccccc2)C1. The van der Waals surface area contributed by atoms with E-state index in [2.05, 4.69) is 36.5 Å². The summed E-state index contributed by atoms with van der Waals surface area (Å²) in [4.78, 5) is 0. The van der Waals surface area contributed by atoms with Crippen LogP contribution in [0.4, 0.5) is 0 Å². The van der Waals surface area contributed by atoms with E-state index in [1.807, 2.05) is 13.1 Å². The standard InChI is InChI=1S/C13H19NO/c1-13(11-6-4-3-5-7-11)10-12(14-2)8-9-15-13/h3-7,12,14H,8-10H2,1-2H3. The van der Waals surface area contributed by atoms with Gasteiger partial charge in [-0.15, -0.1) is 0 Å². The highest BCUT2D eigenvalue weighted by molar-refractivity contribution is 5.22. The predicted molar refractivity (Wildman–Crippen MR) is 61.8 cm³/mol. The molecule has 1 saturated heterocycles. The molecule has 1 aliphatic heterocycles. The molecular weight excluding hydrogens is 186 g/mol. The Morgan fingerprint density at radius 3 is 2.73 bits per heavy atom. The predicted octanol–water partition coefficient (Wildman–Crippen LogP) is 2.30. The molecule has 82 valence electrons. The molecule has 0 aromatic heterocycles. The van der Waals surface area contributed by atoms with Crippen LogP contribution < -0.4 is 5.32 Å². The molecule has 2 unspecified atom stereocenters. The van der Waals surface area contributed by atoms with Gasteiger partial charge in [0.2, 0.25) is 0 Å². The number of hydrogen-bond acceptors (Lipinski definition) is 2. The lowest BCUT2D eigenvalue weighted by atomic mass is 9.86. The Labute approximate surface area is 91.6 Å². The van der Waals surface area contributed by atoms with E-state index in [9.17, 15) is 0 Å². The van der Waals surface area contributed by atoms with Crippen LogP contribution in [0.15, 0.2) is 30.3 Å². The second-order valence-corrected chi connectivity index (χ2v) is 4.42. The zero-order valence-electron chi connectivity index (χ0n) is 9.49. The monoisotopic (exact) mass is 205 g/mol. The molecule has 2 heteroatoms. The Morgan fingerprint density at radius 1 is 1.33 bits per heavy atom. The van der Waals surface area contributed by atoms with Gasteiger partial charge in [-0.05, 0) is 32.4 Å². The second-order valence-electron chi connectivity index (χ2n) is 4.42. The van der Waals surface area contributed by atoms with Crippen molar-refractivity contribution in [1.29, 1.82) is 0 Å². The molecule has 0 amide bonds. The summed E-state index contributed by atoms with van der Waals surface area (Å²) in [5.41, 5.74) is 1.16. The van der Waals surface area contributed by atoms with Crippen molar-refractivity contribution in [3.05, 3.63) is 35.9 Å². The highest BCUT2D eigenvalue weighted by atomic mass is 16.5. The summed E-state index contributed by atoms with van der Waals surface area (Å²) in [6.07, 6.45) is 2.16. The highest BCUT2D eigenvalue weighted by Crippen LogP contribution is 2.34. The van der Waals surface area contributed by atoms with Gasteiger partial charge < -0.3 is 10.1 Å². The molecule has 0 aliphatic carbocycles. The topological polar surface area (TPSA) is 21.3 Å². The summed E-state index contributed by atoms with van der Waals surface area (Å²) in [5.74, 6) is 0. The molecule has 2 atom stereocenters. The first-order chi connectivity index (χ1) is 7.24. The van der Waals surface area contributed by atoms with Gasteiger partial charge in [-0.1, -0.05) is 30.3 Å². The minimum atomic E-state index is -0.118. The number of hydrogen-bond donors (Lipinski definition) is 1. The van der Waals surface area contributed by atoms with E-state index in [1.165, 1.54) is 5.56 Å². The number of nitrogens with one attached hydrogen (secondary N) is 1. The Kier molecular flexibility index (Phi) is 3.08. The maximum absolute atomic E-state index is 5.94. The van der Waals surface area contributed by atoms with Crippen LogP contribution >= 0.6 is 0 Å². The molecule has 0 saturated carbocycles. The van der Waals surface area contributed by atoms with E-state index in [0.29, 0.717) is 6.04 Å². The quantitative estimate of drug-likeness (QED) is 0.800. The molecule has 1 aromatic carbocycles. The molecule has 1 fully saturated rings. The molecule has 1 aliphatic rings. The first-order valence-electron chi connectivity index (χ1n) is 5.61. The van der Waals surface area contributed by atoms with Gasteiger partial charge in [0.25, 0.3) is 0 Å². The normalized spacial score (nSPS) is 31.5. The van der Waals surface area contributed by atoms with Crippen molar-refractivity contribution in [2.75, 3.05) is 13.7 Å². The number of rotatable bonds is 2. The fourth-order valence-electron chi connectivity index (χ4n) is 2.30. The zero-order chi connectivity index (χ0) is 10.7. The smallest absolute Gasteiger partial charge is 0.0918 e. The summed E-state index contributed by atoms with van der Waals surface area (Å²) < 4.78 is 5.94. The second kappa shape index (κ2) is 4.33. The van der Waals surface area contributed by atoms with E-state index in [1.54, 1.807) is 0 Å². The van der Waals surface area contributed by atoms with Crippen LogP contribution in [0.5, 0.6) is 0 Å². The molecule has 0 spiro atoms. The van der Waals surface area contributed by atoms with Gasteiger partial charge in [-0.25, -0.2) is 0 Å². The molecule has 0 radical (unpaired) electrons. The summed E-state index contributed by atoms with van der Waals surface area (Å²) >= 11 is 0. The van der Waals surface area contributed by atoms with E-state index in [-0.39, 0.29) is 5.60 Å². The molecule has 1 aromatic rings. The molecule has 1 heterocycles. The average Bonchev–Trinajstić information content (AvgIpc) is 2.30. The summed E-state index contributed by atoms with van der Waals surface area (Å²) in [6, 6.07) is 11.1. The first kappa shape index (κ1) is 10.7. The molecule has 0 bridgehead atoms. The van der Waals surface area contributed by atoms with Crippen molar-refractivity contribution in [2.24, 2.45) is 0 Å². The maximum Gasteiger partial charge on any atom is 0.0918 e. The lowest BCUT2D eigenvalue weighted by molar-refractivity contribution is -0.0804. The minimum absolute atomic E-state index is 0.118. The van der Waals surface area contributed by atoms with Crippen molar-refractivity contribution >= 4 is 0 Å². The number of ether oxygens (including phenoxy) is 1. The van der Waals surface area contributed by atoms with Gasteiger partial charge in [0.05, 0.1) is 5.60 Å². The average molecular weight is 205 g/mol. The third kappa shape index (κ3) is 2.21. The Hall–Kier alpha value is -0.860. The van der Waals surface area contributed by atoms with Crippen molar-refractivity contribution < 1.29 is 4.74 Å². The van der Waals surface area contributed by atoms with E-state index < -0.39 is 0 Å². The van der Waals surface area contributed by atoms with Gasteiger partial charge in [0.15, 0.2) is 0 Å². The van der Waals surface area contributed by atoms with Gasteiger partial charge in [-0.3, -0.25) is 0 Å². The third-order valence-corrected chi connectivity index (χ3v) is 3.32. The van der Waals surface area contributed by atoms with Crippen molar-refractivity contribution in [3.63, 3.8) is 0 Å².